The van der Waals surface area contributed by atoms with E-state index in [2.05, 4.69) is 29.1 Å². The second-order valence-electron chi connectivity index (χ2n) is 5.33. The zero-order valence-corrected chi connectivity index (χ0v) is 11.0. The molecule has 0 aromatic carbocycles. The van der Waals surface area contributed by atoms with Gasteiger partial charge in [0.1, 0.15) is 11.4 Å². The number of nitrogens with zero attached hydrogens (tertiary/aromatic N) is 1. The molecule has 2 N–H and O–H groups in total. The van der Waals surface area contributed by atoms with Gasteiger partial charge in [0.15, 0.2) is 0 Å². The highest BCUT2D eigenvalue weighted by Gasteiger charge is 2.41. The minimum Gasteiger partial charge on any atom is -0.370 e. The Balaban J connectivity index is 1.91. The van der Waals surface area contributed by atoms with Crippen LogP contribution in [0.3, 0.4) is 0 Å². The fourth-order valence-corrected chi connectivity index (χ4v) is 2.21. The molecule has 0 saturated heterocycles. The van der Waals surface area contributed by atoms with Crippen molar-refractivity contribution in [2.24, 2.45) is 5.92 Å². The first-order valence-corrected chi connectivity index (χ1v) is 6.46. The summed E-state index contributed by atoms with van der Waals surface area (Å²) >= 11 is 0. The maximum atomic E-state index is 5.60. The van der Waals surface area contributed by atoms with Crippen LogP contribution in [-0.2, 0) is 16.9 Å². The predicted octanol–water partition coefficient (Wildman–Crippen LogP) is 2.18. The van der Waals surface area contributed by atoms with Crippen LogP contribution in [0.5, 0.6) is 0 Å². The molecule has 0 amide bonds. The van der Waals surface area contributed by atoms with E-state index < -0.39 is 0 Å². The lowest BCUT2D eigenvalue weighted by atomic mass is 9.79. The lowest BCUT2D eigenvalue weighted by Crippen LogP contribution is -2.37. The molecule has 1 aliphatic carbocycles. The van der Waals surface area contributed by atoms with Crippen LogP contribution in [0.15, 0.2) is 6.20 Å². The van der Waals surface area contributed by atoms with Gasteiger partial charge in [0.2, 0.25) is 0 Å². The summed E-state index contributed by atoms with van der Waals surface area (Å²) in [6.45, 7) is 6.30. The van der Waals surface area contributed by atoms with E-state index >= 15 is 0 Å². The van der Waals surface area contributed by atoms with Gasteiger partial charge >= 0.3 is 0 Å². The van der Waals surface area contributed by atoms with E-state index in [9.17, 15) is 0 Å². The molecule has 4 nitrogen and oxygen atoms in total. The van der Waals surface area contributed by atoms with Crippen LogP contribution in [0.2, 0.25) is 0 Å². The van der Waals surface area contributed by atoms with Gasteiger partial charge in [-0.3, -0.25) is 0 Å². The number of hydrogen-bond acceptors (Lipinski definition) is 3. The molecule has 1 aromatic rings. The largest absolute Gasteiger partial charge is 0.370 e. The van der Waals surface area contributed by atoms with Crippen molar-refractivity contribution in [2.75, 3.05) is 13.7 Å². The summed E-state index contributed by atoms with van der Waals surface area (Å²) in [5.74, 6) is 1.67. The predicted molar refractivity (Wildman–Crippen MR) is 67.7 cm³/mol. The minimum absolute atomic E-state index is 0.129. The Morgan fingerprint density at radius 1 is 1.53 bits per heavy atom. The molecule has 4 heteroatoms. The van der Waals surface area contributed by atoms with Crippen molar-refractivity contribution < 1.29 is 4.74 Å². The Labute approximate surface area is 103 Å². The van der Waals surface area contributed by atoms with Crippen molar-refractivity contribution in [3.63, 3.8) is 0 Å². The summed E-state index contributed by atoms with van der Waals surface area (Å²) in [5, 5.41) is 3.41. The molecular weight excluding hydrogens is 214 g/mol. The fraction of sp³-hybridized carbons (Fsp3) is 0.769. The number of nitrogens with one attached hydrogen (secondary N) is 2. The third-order valence-electron chi connectivity index (χ3n) is 3.48. The number of methoxy groups -OCH3 is 1. The Kier molecular flexibility index (Phi) is 3.84. The Hall–Kier alpha value is -0.870. The molecule has 0 unspecified atom stereocenters. The van der Waals surface area contributed by atoms with Gasteiger partial charge in [-0.15, -0.1) is 0 Å². The van der Waals surface area contributed by atoms with Gasteiger partial charge in [0, 0.05) is 25.5 Å². The molecule has 17 heavy (non-hydrogen) atoms. The zero-order valence-electron chi connectivity index (χ0n) is 11.0. The first-order chi connectivity index (χ1) is 8.16. The number of aromatic nitrogens is 2. The molecule has 1 heterocycles. The third kappa shape index (κ3) is 2.69. The lowest BCUT2D eigenvalue weighted by Gasteiger charge is -2.38. The van der Waals surface area contributed by atoms with Gasteiger partial charge in [0.25, 0.3) is 0 Å². The smallest absolute Gasteiger partial charge is 0.138 e. The average Bonchev–Trinajstić information content (AvgIpc) is 2.66. The van der Waals surface area contributed by atoms with E-state index in [0.717, 1.165) is 37.4 Å². The molecule has 0 spiro atoms. The molecule has 0 aliphatic heterocycles. The quantitative estimate of drug-likeness (QED) is 0.797. The summed E-state index contributed by atoms with van der Waals surface area (Å²) in [6, 6.07) is 0. The van der Waals surface area contributed by atoms with Crippen LogP contribution in [0.4, 0.5) is 0 Å². The zero-order chi connectivity index (χ0) is 12.3. The van der Waals surface area contributed by atoms with Gasteiger partial charge < -0.3 is 15.0 Å². The number of imidazole rings is 1. The summed E-state index contributed by atoms with van der Waals surface area (Å²) in [5.41, 5.74) is 1.01. The topological polar surface area (TPSA) is 49.9 Å². The molecule has 1 saturated carbocycles. The Bertz CT molecular complexity index is 350. The maximum Gasteiger partial charge on any atom is 0.138 e. The van der Waals surface area contributed by atoms with E-state index in [1.165, 1.54) is 6.42 Å². The number of rotatable bonds is 6. The summed E-state index contributed by atoms with van der Waals surface area (Å²) < 4.78 is 5.60. The second kappa shape index (κ2) is 5.19. The summed E-state index contributed by atoms with van der Waals surface area (Å²) in [6.07, 6.45) is 5.31. The van der Waals surface area contributed by atoms with Crippen molar-refractivity contribution in [2.45, 2.75) is 45.3 Å². The van der Waals surface area contributed by atoms with Gasteiger partial charge in [-0.1, -0.05) is 13.8 Å². The van der Waals surface area contributed by atoms with Crippen molar-refractivity contribution >= 4 is 0 Å². The maximum absolute atomic E-state index is 5.60. The van der Waals surface area contributed by atoms with Gasteiger partial charge in [-0.2, -0.15) is 0 Å². The van der Waals surface area contributed by atoms with Crippen molar-refractivity contribution in [1.82, 2.24) is 15.3 Å². The molecule has 1 aliphatic rings. The highest BCUT2D eigenvalue weighted by Crippen LogP contribution is 2.42. The summed E-state index contributed by atoms with van der Waals surface area (Å²) in [4.78, 5) is 7.84. The molecule has 0 bridgehead atoms. The second-order valence-corrected chi connectivity index (χ2v) is 5.33. The molecule has 0 atom stereocenters. The van der Waals surface area contributed by atoms with Crippen molar-refractivity contribution in [1.29, 1.82) is 0 Å². The number of ether oxygens (including phenoxy) is 1. The fourth-order valence-electron chi connectivity index (χ4n) is 2.21. The molecule has 1 fully saturated rings. The molecule has 2 rings (SSSR count). The standard InChI is InChI=1S/C13H23N3O/c1-10(2)7-14-8-11-9-15-12(16-11)13(17-3)5-4-6-13/h9-10,14H,4-8H2,1-3H3,(H,15,16). The first-order valence-electron chi connectivity index (χ1n) is 6.46. The Morgan fingerprint density at radius 2 is 2.29 bits per heavy atom. The van der Waals surface area contributed by atoms with Crippen LogP contribution in [0.1, 0.15) is 44.6 Å². The van der Waals surface area contributed by atoms with E-state index in [4.69, 9.17) is 4.74 Å². The Morgan fingerprint density at radius 3 is 2.82 bits per heavy atom. The van der Waals surface area contributed by atoms with Crippen LogP contribution in [-0.4, -0.2) is 23.6 Å². The minimum atomic E-state index is -0.129. The van der Waals surface area contributed by atoms with E-state index in [0.29, 0.717) is 5.92 Å². The van der Waals surface area contributed by atoms with Crippen molar-refractivity contribution in [3.05, 3.63) is 17.7 Å². The molecular formula is C13H23N3O. The van der Waals surface area contributed by atoms with Crippen LogP contribution >= 0.6 is 0 Å². The monoisotopic (exact) mass is 237 g/mol. The highest BCUT2D eigenvalue weighted by atomic mass is 16.5. The van der Waals surface area contributed by atoms with Gasteiger partial charge in [-0.25, -0.2) is 4.98 Å². The number of aromatic amines is 1. The van der Waals surface area contributed by atoms with Crippen LogP contribution < -0.4 is 5.32 Å². The molecule has 0 radical (unpaired) electrons. The van der Waals surface area contributed by atoms with E-state index in [1.807, 2.05) is 6.20 Å². The molecule has 96 valence electrons. The van der Waals surface area contributed by atoms with Crippen molar-refractivity contribution in [3.8, 4) is 0 Å². The summed E-state index contributed by atoms with van der Waals surface area (Å²) in [7, 11) is 1.78. The van der Waals surface area contributed by atoms with E-state index in [1.54, 1.807) is 7.11 Å². The number of H-pyrrole nitrogens is 1. The van der Waals surface area contributed by atoms with Crippen LogP contribution in [0.25, 0.3) is 0 Å². The van der Waals surface area contributed by atoms with Gasteiger partial charge in [-0.05, 0) is 31.7 Å². The van der Waals surface area contributed by atoms with Crippen LogP contribution in [0, 0.1) is 5.92 Å². The normalized spacial score (nSPS) is 18.4. The van der Waals surface area contributed by atoms with Gasteiger partial charge in [0.05, 0.1) is 0 Å². The first kappa shape index (κ1) is 12.6. The lowest BCUT2D eigenvalue weighted by molar-refractivity contribution is -0.0841. The SMILES string of the molecule is COC1(c2ncc(CNCC(C)C)[nH]2)CCC1. The highest BCUT2D eigenvalue weighted by molar-refractivity contribution is 5.12. The number of hydrogen-bond donors (Lipinski definition) is 2. The third-order valence-corrected chi connectivity index (χ3v) is 3.48. The van der Waals surface area contributed by atoms with E-state index in [-0.39, 0.29) is 5.60 Å². The molecule has 1 aromatic heterocycles. The average molecular weight is 237 g/mol.